The molecule has 0 aliphatic heterocycles. The Morgan fingerprint density at radius 1 is 0.825 bits per heavy atom. The van der Waals surface area contributed by atoms with Crippen LogP contribution in [0.1, 0.15) is 107 Å². The number of halogens is 1. The second-order valence-corrected chi connectivity index (χ2v) is 10.6. The van der Waals surface area contributed by atoms with Crippen molar-refractivity contribution < 1.29 is 19.0 Å². The molecule has 0 unspecified atom stereocenters. The topological polar surface area (TPSA) is 72.3 Å². The lowest BCUT2D eigenvalue weighted by Crippen LogP contribution is -2.13. The number of nitrogens with zero attached hydrogens (tertiary/aromatic N) is 2. The second kappa shape index (κ2) is 17.4. The summed E-state index contributed by atoms with van der Waals surface area (Å²) >= 11 is 0. The maximum atomic E-state index is 14.3. The van der Waals surface area contributed by atoms with E-state index >= 15 is 0 Å². The zero-order valence-electron chi connectivity index (χ0n) is 24.2. The number of benzene rings is 2. The minimum absolute atomic E-state index is 0.0385. The fourth-order valence-electron chi connectivity index (χ4n) is 4.82. The first-order chi connectivity index (χ1) is 19.5. The molecule has 0 radical (unpaired) electrons. The van der Waals surface area contributed by atoms with E-state index < -0.39 is 12.1 Å². The van der Waals surface area contributed by atoms with E-state index in [9.17, 15) is 14.3 Å². The standard InChI is InChI=1S/C34H45FN2O3/c1-3-5-7-9-10-11-12-14-26-23-36-33(37-24-26)28-18-16-27(17-19-28)32-22-30(20-21-31(32)34(38)39)40-25-29(35)15-13-8-6-4-2/h16-24,29H,3-15,25H2,1-2H3,(H,38,39)/t29-/m0/s1. The summed E-state index contributed by atoms with van der Waals surface area (Å²) in [6.45, 7) is 4.33. The summed E-state index contributed by atoms with van der Waals surface area (Å²) in [6.07, 6.45) is 17.3. The van der Waals surface area contributed by atoms with E-state index in [1.54, 1.807) is 12.1 Å². The maximum absolute atomic E-state index is 14.3. The van der Waals surface area contributed by atoms with Crippen molar-refractivity contribution in [3.05, 3.63) is 66.0 Å². The highest BCUT2D eigenvalue weighted by molar-refractivity contribution is 5.96. The lowest BCUT2D eigenvalue weighted by atomic mass is 9.98. The van der Waals surface area contributed by atoms with Gasteiger partial charge in [-0.3, -0.25) is 0 Å². The number of hydrogen-bond donors (Lipinski definition) is 1. The molecule has 40 heavy (non-hydrogen) atoms. The van der Waals surface area contributed by atoms with Crippen LogP contribution < -0.4 is 4.74 Å². The van der Waals surface area contributed by atoms with Crippen LogP contribution in [0.5, 0.6) is 5.75 Å². The van der Waals surface area contributed by atoms with Gasteiger partial charge in [0.1, 0.15) is 18.5 Å². The molecular weight excluding hydrogens is 503 g/mol. The summed E-state index contributed by atoms with van der Waals surface area (Å²) < 4.78 is 20.0. The Balaban J connectivity index is 1.60. The molecule has 0 aliphatic carbocycles. The number of unbranched alkanes of at least 4 members (excludes halogenated alkanes) is 9. The average Bonchev–Trinajstić information content (AvgIpc) is 2.98. The van der Waals surface area contributed by atoms with Crippen molar-refractivity contribution in [3.63, 3.8) is 0 Å². The van der Waals surface area contributed by atoms with Crippen LogP contribution in [0.2, 0.25) is 0 Å². The Kier molecular flexibility index (Phi) is 13.6. The first kappa shape index (κ1) is 31.3. The van der Waals surface area contributed by atoms with E-state index in [-0.39, 0.29) is 12.2 Å². The monoisotopic (exact) mass is 548 g/mol. The van der Waals surface area contributed by atoms with Gasteiger partial charge in [0, 0.05) is 18.0 Å². The predicted molar refractivity (Wildman–Crippen MR) is 161 cm³/mol. The van der Waals surface area contributed by atoms with Crippen LogP contribution in [0.25, 0.3) is 22.5 Å². The number of hydrogen-bond acceptors (Lipinski definition) is 4. The molecule has 1 aromatic heterocycles. The zero-order valence-corrected chi connectivity index (χ0v) is 24.2. The number of carboxylic acids is 1. The summed E-state index contributed by atoms with van der Waals surface area (Å²) in [5.41, 5.74) is 3.44. The van der Waals surface area contributed by atoms with Crippen LogP contribution in [-0.2, 0) is 6.42 Å². The maximum Gasteiger partial charge on any atom is 0.336 e. The lowest BCUT2D eigenvalue weighted by Gasteiger charge is -2.13. The van der Waals surface area contributed by atoms with Crippen LogP contribution in [0.4, 0.5) is 4.39 Å². The summed E-state index contributed by atoms with van der Waals surface area (Å²) in [5, 5.41) is 9.74. The highest BCUT2D eigenvalue weighted by Gasteiger charge is 2.15. The molecular formula is C34H45FN2O3. The van der Waals surface area contributed by atoms with Gasteiger partial charge in [-0.05, 0) is 54.2 Å². The van der Waals surface area contributed by atoms with Gasteiger partial charge in [0.2, 0.25) is 0 Å². The molecule has 2 aromatic carbocycles. The van der Waals surface area contributed by atoms with Crippen molar-refractivity contribution in [1.29, 1.82) is 0 Å². The lowest BCUT2D eigenvalue weighted by molar-refractivity contribution is 0.0697. The van der Waals surface area contributed by atoms with Gasteiger partial charge in [-0.25, -0.2) is 19.2 Å². The third-order valence-electron chi connectivity index (χ3n) is 7.25. The molecule has 6 heteroatoms. The number of rotatable bonds is 19. The summed E-state index contributed by atoms with van der Waals surface area (Å²) in [4.78, 5) is 21.0. The Morgan fingerprint density at radius 3 is 2.08 bits per heavy atom. The molecule has 0 bridgehead atoms. The molecule has 0 aliphatic rings. The molecule has 0 saturated heterocycles. The number of aromatic carboxylic acids is 1. The molecule has 0 fully saturated rings. The Labute approximate surface area is 239 Å². The van der Waals surface area contributed by atoms with Crippen LogP contribution in [-0.4, -0.2) is 33.8 Å². The first-order valence-electron chi connectivity index (χ1n) is 15.1. The van der Waals surface area contributed by atoms with E-state index in [4.69, 9.17) is 4.74 Å². The van der Waals surface area contributed by atoms with Crippen molar-refractivity contribution in [3.8, 4) is 28.3 Å². The zero-order chi connectivity index (χ0) is 28.6. The molecule has 0 amide bonds. The third kappa shape index (κ3) is 10.4. The van der Waals surface area contributed by atoms with Crippen molar-refractivity contribution in [1.82, 2.24) is 9.97 Å². The van der Waals surface area contributed by atoms with Crippen LogP contribution in [0, 0.1) is 0 Å². The Hall–Kier alpha value is -3.28. The third-order valence-corrected chi connectivity index (χ3v) is 7.25. The second-order valence-electron chi connectivity index (χ2n) is 10.6. The van der Waals surface area contributed by atoms with Gasteiger partial charge in [0.15, 0.2) is 5.82 Å². The van der Waals surface area contributed by atoms with Crippen LogP contribution >= 0.6 is 0 Å². The van der Waals surface area contributed by atoms with E-state index in [1.165, 1.54) is 44.6 Å². The Morgan fingerprint density at radius 2 is 1.43 bits per heavy atom. The highest BCUT2D eigenvalue weighted by atomic mass is 19.1. The normalized spacial score (nSPS) is 11.9. The molecule has 3 rings (SSSR count). The molecule has 3 aromatic rings. The van der Waals surface area contributed by atoms with Crippen LogP contribution in [0.15, 0.2) is 54.9 Å². The SMILES string of the molecule is CCCCCCCCCc1cnc(-c2ccc(-c3cc(OC[C@@H](F)CCCCCC)ccc3C(=O)O)cc2)nc1. The largest absolute Gasteiger partial charge is 0.491 e. The number of aryl methyl sites for hydroxylation is 1. The van der Waals surface area contributed by atoms with Crippen molar-refractivity contribution in [2.75, 3.05) is 6.61 Å². The van der Waals surface area contributed by atoms with Gasteiger partial charge < -0.3 is 9.84 Å². The summed E-state index contributed by atoms with van der Waals surface area (Å²) in [5.74, 6) is 0.0725. The highest BCUT2D eigenvalue weighted by Crippen LogP contribution is 2.30. The molecule has 1 atom stereocenters. The van der Waals surface area contributed by atoms with Gasteiger partial charge in [0.05, 0.1) is 5.56 Å². The number of carbonyl (C=O) groups is 1. The van der Waals surface area contributed by atoms with Gasteiger partial charge in [-0.15, -0.1) is 0 Å². The smallest absolute Gasteiger partial charge is 0.336 e. The van der Waals surface area contributed by atoms with Gasteiger partial charge in [0.25, 0.3) is 0 Å². The van der Waals surface area contributed by atoms with E-state index in [2.05, 4.69) is 23.8 Å². The van der Waals surface area contributed by atoms with E-state index in [0.717, 1.165) is 55.2 Å². The molecule has 216 valence electrons. The molecule has 0 spiro atoms. The van der Waals surface area contributed by atoms with Crippen LogP contribution in [0.3, 0.4) is 0 Å². The quantitative estimate of drug-likeness (QED) is 0.151. The van der Waals surface area contributed by atoms with Gasteiger partial charge >= 0.3 is 5.97 Å². The van der Waals surface area contributed by atoms with Gasteiger partial charge in [-0.1, -0.05) is 102 Å². The van der Waals surface area contributed by atoms with Crippen molar-refractivity contribution in [2.24, 2.45) is 0 Å². The van der Waals surface area contributed by atoms with E-state index in [0.29, 0.717) is 23.6 Å². The summed E-state index contributed by atoms with van der Waals surface area (Å²) in [6, 6.07) is 12.3. The van der Waals surface area contributed by atoms with Crippen molar-refractivity contribution >= 4 is 5.97 Å². The minimum atomic E-state index is -1.04. The number of alkyl halides is 1. The van der Waals surface area contributed by atoms with Crippen molar-refractivity contribution in [2.45, 2.75) is 103 Å². The number of carboxylic acid groups (broad SMARTS) is 1. The van der Waals surface area contributed by atoms with Gasteiger partial charge in [-0.2, -0.15) is 0 Å². The van der Waals surface area contributed by atoms with E-state index in [1.807, 2.05) is 36.7 Å². The Bertz CT molecular complexity index is 1150. The summed E-state index contributed by atoms with van der Waals surface area (Å²) in [7, 11) is 0. The minimum Gasteiger partial charge on any atom is -0.491 e. The average molecular weight is 549 g/mol. The number of ether oxygens (including phenoxy) is 1. The first-order valence-corrected chi connectivity index (χ1v) is 15.1. The fourth-order valence-corrected chi connectivity index (χ4v) is 4.82. The fraction of sp³-hybridized carbons (Fsp3) is 0.500. The molecule has 0 saturated carbocycles. The molecule has 1 N–H and O–H groups in total. The molecule has 1 heterocycles. The molecule has 5 nitrogen and oxygen atoms in total. The predicted octanol–water partition coefficient (Wildman–Crippen LogP) is 9.49. The number of aromatic nitrogens is 2.